The Kier molecular flexibility index (Phi) is 3.13. The van der Waals surface area contributed by atoms with Crippen LogP contribution in [0.15, 0.2) is 54.7 Å². The van der Waals surface area contributed by atoms with Gasteiger partial charge in [-0.1, -0.05) is 36.4 Å². The molecule has 3 amide bonds. The monoisotopic (exact) mass is 285 g/mol. The van der Waals surface area contributed by atoms with Crippen molar-refractivity contribution in [3.8, 4) is 0 Å². The van der Waals surface area contributed by atoms with E-state index in [1.807, 2.05) is 6.07 Å². The van der Waals surface area contributed by atoms with Gasteiger partial charge in [-0.3, -0.25) is 20.0 Å². The molecule has 1 aromatic heterocycles. The van der Waals surface area contributed by atoms with Gasteiger partial charge in [0, 0.05) is 6.20 Å². The SMILES string of the molecule is O=C1NC(F)(c2ccccn2)C(=O)N1Cc1ccccc1. The highest BCUT2D eigenvalue weighted by molar-refractivity contribution is 6.06. The molecule has 1 N–H and O–H groups in total. The van der Waals surface area contributed by atoms with Crippen LogP contribution in [0, 0.1) is 0 Å². The average Bonchev–Trinajstić information content (AvgIpc) is 2.74. The van der Waals surface area contributed by atoms with Gasteiger partial charge in [0.1, 0.15) is 5.69 Å². The van der Waals surface area contributed by atoms with E-state index in [0.29, 0.717) is 0 Å². The van der Waals surface area contributed by atoms with Crippen LogP contribution in [0.4, 0.5) is 9.18 Å². The van der Waals surface area contributed by atoms with Gasteiger partial charge in [-0.2, -0.15) is 0 Å². The lowest BCUT2D eigenvalue weighted by molar-refractivity contribution is -0.138. The molecule has 3 rings (SSSR count). The zero-order valence-electron chi connectivity index (χ0n) is 11.0. The highest BCUT2D eigenvalue weighted by Crippen LogP contribution is 2.30. The van der Waals surface area contributed by atoms with Crippen molar-refractivity contribution in [1.82, 2.24) is 15.2 Å². The normalized spacial score (nSPS) is 21.5. The van der Waals surface area contributed by atoms with Gasteiger partial charge in [0.25, 0.3) is 5.91 Å². The van der Waals surface area contributed by atoms with Gasteiger partial charge in [0.2, 0.25) is 0 Å². The Labute approximate surface area is 120 Å². The predicted molar refractivity (Wildman–Crippen MR) is 72.5 cm³/mol. The van der Waals surface area contributed by atoms with Crippen molar-refractivity contribution in [2.24, 2.45) is 0 Å². The number of hydrogen-bond acceptors (Lipinski definition) is 3. The van der Waals surface area contributed by atoms with Gasteiger partial charge in [-0.15, -0.1) is 0 Å². The van der Waals surface area contributed by atoms with Crippen molar-refractivity contribution in [2.45, 2.75) is 12.3 Å². The topological polar surface area (TPSA) is 62.3 Å². The van der Waals surface area contributed by atoms with Crippen LogP contribution in [0.3, 0.4) is 0 Å². The van der Waals surface area contributed by atoms with E-state index in [0.717, 1.165) is 10.5 Å². The van der Waals surface area contributed by atoms with Crippen molar-refractivity contribution in [3.63, 3.8) is 0 Å². The third-order valence-electron chi connectivity index (χ3n) is 3.27. The molecule has 1 atom stereocenters. The van der Waals surface area contributed by atoms with Gasteiger partial charge in [0.05, 0.1) is 6.54 Å². The molecule has 0 spiro atoms. The summed E-state index contributed by atoms with van der Waals surface area (Å²) >= 11 is 0. The van der Waals surface area contributed by atoms with Crippen LogP contribution in [-0.2, 0) is 17.1 Å². The fourth-order valence-electron chi connectivity index (χ4n) is 2.20. The summed E-state index contributed by atoms with van der Waals surface area (Å²) in [6, 6.07) is 12.7. The Morgan fingerprint density at radius 3 is 2.48 bits per heavy atom. The second-order valence-electron chi connectivity index (χ2n) is 4.68. The first-order chi connectivity index (χ1) is 10.1. The average molecular weight is 285 g/mol. The first-order valence-corrected chi connectivity index (χ1v) is 6.40. The van der Waals surface area contributed by atoms with E-state index in [4.69, 9.17) is 0 Å². The zero-order valence-corrected chi connectivity index (χ0v) is 11.0. The Hall–Kier alpha value is -2.76. The minimum absolute atomic E-state index is 0.0179. The zero-order chi connectivity index (χ0) is 14.9. The molecule has 2 heterocycles. The van der Waals surface area contributed by atoms with Crippen LogP contribution in [0.2, 0.25) is 0 Å². The van der Waals surface area contributed by atoms with E-state index >= 15 is 0 Å². The van der Waals surface area contributed by atoms with E-state index in [2.05, 4.69) is 10.3 Å². The van der Waals surface area contributed by atoms with Gasteiger partial charge in [-0.05, 0) is 17.7 Å². The van der Waals surface area contributed by atoms with E-state index in [-0.39, 0.29) is 12.2 Å². The molecule has 0 bridgehead atoms. The summed E-state index contributed by atoms with van der Waals surface area (Å²) in [5.41, 5.74) is 0.616. The first-order valence-electron chi connectivity index (χ1n) is 6.40. The molecule has 21 heavy (non-hydrogen) atoms. The number of nitrogens with zero attached hydrogens (tertiary/aromatic N) is 2. The molecule has 1 aliphatic rings. The molecule has 1 fully saturated rings. The minimum atomic E-state index is -2.60. The number of halogens is 1. The molecule has 2 aromatic rings. The number of nitrogens with one attached hydrogen (secondary N) is 1. The van der Waals surface area contributed by atoms with Crippen LogP contribution in [-0.4, -0.2) is 21.8 Å². The van der Waals surface area contributed by atoms with Crippen molar-refractivity contribution in [3.05, 3.63) is 66.0 Å². The standard InChI is InChI=1S/C15H12FN3O2/c16-15(12-8-4-5-9-17-12)13(20)19(14(21)18-15)10-11-6-2-1-3-7-11/h1-9H,10H2,(H,18,21). The molecule has 1 aliphatic heterocycles. The number of carbonyl (C=O) groups is 2. The number of carbonyl (C=O) groups excluding carboxylic acids is 2. The molecule has 6 heteroatoms. The van der Waals surface area contributed by atoms with Gasteiger partial charge in [0.15, 0.2) is 0 Å². The number of rotatable bonds is 3. The molecular formula is C15H12FN3O2. The van der Waals surface area contributed by atoms with Crippen LogP contribution < -0.4 is 5.32 Å². The molecule has 106 valence electrons. The summed E-state index contributed by atoms with van der Waals surface area (Å²) in [5.74, 6) is -3.55. The lowest BCUT2D eigenvalue weighted by atomic mass is 10.1. The van der Waals surface area contributed by atoms with Crippen LogP contribution >= 0.6 is 0 Å². The molecule has 0 aliphatic carbocycles. The summed E-state index contributed by atoms with van der Waals surface area (Å²) in [6.45, 7) is 0.0179. The number of alkyl halides is 1. The second-order valence-corrected chi connectivity index (χ2v) is 4.68. The number of benzene rings is 1. The molecule has 0 radical (unpaired) electrons. The summed E-state index contributed by atoms with van der Waals surface area (Å²) in [5, 5.41) is 2.07. The largest absolute Gasteiger partial charge is 0.327 e. The maximum absolute atomic E-state index is 14.9. The molecule has 0 saturated carbocycles. The smallest absolute Gasteiger partial charge is 0.292 e. The molecule has 1 saturated heterocycles. The van der Waals surface area contributed by atoms with Crippen LogP contribution in [0.5, 0.6) is 0 Å². The van der Waals surface area contributed by atoms with Gasteiger partial charge in [-0.25, -0.2) is 9.18 Å². The molecule has 5 nitrogen and oxygen atoms in total. The van der Waals surface area contributed by atoms with Gasteiger partial charge < -0.3 is 0 Å². The number of hydrogen-bond donors (Lipinski definition) is 1. The van der Waals surface area contributed by atoms with Crippen LogP contribution in [0.25, 0.3) is 0 Å². The lowest BCUT2D eigenvalue weighted by Gasteiger charge is -2.16. The Morgan fingerprint density at radius 1 is 1.10 bits per heavy atom. The molecule has 1 unspecified atom stereocenters. The van der Waals surface area contributed by atoms with E-state index in [1.165, 1.54) is 12.3 Å². The Balaban J connectivity index is 1.89. The quantitative estimate of drug-likeness (QED) is 0.692. The molecule has 1 aromatic carbocycles. The Bertz CT molecular complexity index is 678. The predicted octanol–water partition coefficient (Wildman–Crippen LogP) is 1.96. The number of pyridine rings is 1. The van der Waals surface area contributed by atoms with Crippen molar-refractivity contribution < 1.29 is 14.0 Å². The Morgan fingerprint density at radius 2 is 1.81 bits per heavy atom. The van der Waals surface area contributed by atoms with Crippen molar-refractivity contribution >= 4 is 11.9 Å². The number of amides is 3. The van der Waals surface area contributed by atoms with E-state index in [9.17, 15) is 14.0 Å². The highest BCUT2D eigenvalue weighted by Gasteiger charge is 2.54. The summed E-state index contributed by atoms with van der Waals surface area (Å²) in [7, 11) is 0. The third-order valence-corrected chi connectivity index (χ3v) is 3.27. The summed E-state index contributed by atoms with van der Waals surface area (Å²) in [4.78, 5) is 28.8. The third kappa shape index (κ3) is 2.24. The van der Waals surface area contributed by atoms with E-state index < -0.39 is 17.7 Å². The lowest BCUT2D eigenvalue weighted by Crippen LogP contribution is -2.40. The number of aromatic nitrogens is 1. The van der Waals surface area contributed by atoms with Crippen LogP contribution in [0.1, 0.15) is 11.3 Å². The minimum Gasteiger partial charge on any atom is -0.292 e. The number of imide groups is 1. The second kappa shape index (κ2) is 4.97. The highest BCUT2D eigenvalue weighted by atomic mass is 19.1. The maximum Gasteiger partial charge on any atom is 0.327 e. The molecular weight excluding hydrogens is 273 g/mol. The van der Waals surface area contributed by atoms with Gasteiger partial charge >= 0.3 is 11.8 Å². The summed E-state index contributed by atoms with van der Waals surface area (Å²) < 4.78 is 14.9. The van der Waals surface area contributed by atoms with Crippen molar-refractivity contribution in [2.75, 3.05) is 0 Å². The van der Waals surface area contributed by atoms with Crippen molar-refractivity contribution in [1.29, 1.82) is 0 Å². The number of urea groups is 1. The summed E-state index contributed by atoms with van der Waals surface area (Å²) in [6.07, 6.45) is 1.37. The maximum atomic E-state index is 14.9. The van der Waals surface area contributed by atoms with E-state index in [1.54, 1.807) is 36.4 Å². The fraction of sp³-hybridized carbons (Fsp3) is 0.133. The first kappa shape index (κ1) is 13.2. The fourth-order valence-corrected chi connectivity index (χ4v) is 2.20.